The molecule has 0 bridgehead atoms. The Labute approximate surface area is 127 Å². The summed E-state index contributed by atoms with van der Waals surface area (Å²) in [4.78, 5) is 7.36. The number of nitrogens with zero attached hydrogens (tertiary/aromatic N) is 1. The molecule has 1 unspecified atom stereocenters. The largest absolute Gasteiger partial charge is 0.322 e. The fourth-order valence-corrected chi connectivity index (χ4v) is 3.96. The van der Waals surface area contributed by atoms with E-state index in [0.29, 0.717) is 0 Å². The van der Waals surface area contributed by atoms with Crippen molar-refractivity contribution in [3.8, 4) is 11.3 Å². The second-order valence-electron chi connectivity index (χ2n) is 3.90. The lowest BCUT2D eigenvalue weighted by Crippen LogP contribution is -2.03. The number of aromatic nitrogens is 1. The highest BCUT2D eigenvalue weighted by atomic mass is 35.5. The molecule has 1 aliphatic rings. The third-order valence-corrected chi connectivity index (χ3v) is 5.14. The molecule has 6 heteroatoms. The Hall–Kier alpha value is -0.260. The predicted octanol–water partition coefficient (Wildman–Crippen LogP) is 4.28. The zero-order valence-electron chi connectivity index (χ0n) is 9.75. The van der Waals surface area contributed by atoms with Crippen molar-refractivity contribution < 1.29 is 0 Å². The lowest BCUT2D eigenvalue weighted by Gasteiger charge is -2.13. The molecule has 2 aromatic rings. The first kappa shape index (κ1) is 15.8. The predicted molar refractivity (Wildman–Crippen MR) is 84.2 cm³/mol. The van der Waals surface area contributed by atoms with Crippen LogP contribution < -0.4 is 5.73 Å². The summed E-state index contributed by atoms with van der Waals surface area (Å²) >= 11 is 3.64. The average molecular weight is 321 g/mol. The third-order valence-electron chi connectivity index (χ3n) is 2.60. The molecule has 0 aliphatic carbocycles. The monoisotopic (exact) mass is 320 g/mol. The minimum atomic E-state index is 0. The van der Waals surface area contributed by atoms with Gasteiger partial charge in [0.25, 0.3) is 0 Å². The van der Waals surface area contributed by atoms with Gasteiger partial charge in [0, 0.05) is 21.1 Å². The number of hydrogen-bond acceptors (Lipinski definition) is 4. The fraction of sp³-hybridized carbons (Fsp3) is 0.250. The Bertz CT molecular complexity index is 541. The molecule has 0 saturated heterocycles. The Balaban J connectivity index is 0.000000810. The first-order valence-electron chi connectivity index (χ1n) is 5.23. The third kappa shape index (κ3) is 2.68. The molecule has 0 fully saturated rings. The highest BCUT2D eigenvalue weighted by Crippen LogP contribution is 2.43. The van der Waals surface area contributed by atoms with E-state index in [0.717, 1.165) is 16.5 Å². The van der Waals surface area contributed by atoms with Crippen LogP contribution in [0.25, 0.3) is 11.3 Å². The molecule has 2 heterocycles. The Kier molecular flexibility index (Phi) is 5.49. The van der Waals surface area contributed by atoms with Gasteiger partial charge < -0.3 is 5.73 Å². The lowest BCUT2D eigenvalue weighted by molar-refractivity contribution is 0.807. The van der Waals surface area contributed by atoms with Gasteiger partial charge in [0.1, 0.15) is 5.01 Å². The smallest absolute Gasteiger partial charge is 0.110 e. The first-order chi connectivity index (χ1) is 7.75. The number of fused-ring (bicyclic) bond motifs is 3. The lowest BCUT2D eigenvalue weighted by atomic mass is 10.1. The number of benzene rings is 1. The van der Waals surface area contributed by atoms with Crippen LogP contribution in [0.3, 0.4) is 0 Å². The van der Waals surface area contributed by atoms with Crippen molar-refractivity contribution in [2.24, 2.45) is 5.73 Å². The molecule has 3 rings (SSSR count). The van der Waals surface area contributed by atoms with Gasteiger partial charge in [-0.1, -0.05) is 18.2 Å². The minimum Gasteiger partial charge on any atom is -0.322 e. The van der Waals surface area contributed by atoms with Gasteiger partial charge in [0.2, 0.25) is 0 Å². The maximum absolute atomic E-state index is 5.89. The van der Waals surface area contributed by atoms with Gasteiger partial charge in [-0.05, 0) is 13.0 Å². The summed E-state index contributed by atoms with van der Waals surface area (Å²) in [5.41, 5.74) is 8.29. The van der Waals surface area contributed by atoms with Crippen LogP contribution >= 0.6 is 47.9 Å². The van der Waals surface area contributed by atoms with Crippen molar-refractivity contribution >= 4 is 47.9 Å². The van der Waals surface area contributed by atoms with Crippen LogP contribution in [0, 0.1) is 0 Å². The van der Waals surface area contributed by atoms with E-state index in [9.17, 15) is 0 Å². The number of rotatable bonds is 1. The van der Waals surface area contributed by atoms with Crippen molar-refractivity contribution in [2.75, 3.05) is 0 Å². The maximum atomic E-state index is 5.89. The normalized spacial score (nSPS) is 13.7. The number of hydrogen-bond donors (Lipinski definition) is 1. The van der Waals surface area contributed by atoms with Gasteiger partial charge in [-0.2, -0.15) is 0 Å². The molecular weight excluding hydrogens is 307 g/mol. The molecule has 0 saturated carbocycles. The second-order valence-corrected chi connectivity index (χ2v) is 6.03. The van der Waals surface area contributed by atoms with Gasteiger partial charge in [-0.3, -0.25) is 0 Å². The van der Waals surface area contributed by atoms with Gasteiger partial charge in [0.15, 0.2) is 0 Å². The summed E-state index contributed by atoms with van der Waals surface area (Å²) in [5, 5.41) is 1.04. The molecule has 98 valence electrons. The summed E-state index contributed by atoms with van der Waals surface area (Å²) in [6.07, 6.45) is 0. The van der Waals surface area contributed by atoms with Crippen LogP contribution in [0.1, 0.15) is 22.9 Å². The quantitative estimate of drug-likeness (QED) is 0.852. The van der Waals surface area contributed by atoms with Crippen molar-refractivity contribution in [1.82, 2.24) is 4.98 Å². The molecule has 1 atom stereocenters. The number of thiazole rings is 1. The molecule has 2 nitrogen and oxygen atoms in total. The highest BCUT2D eigenvalue weighted by Gasteiger charge is 2.21. The van der Waals surface area contributed by atoms with Gasteiger partial charge >= 0.3 is 0 Å². The molecule has 0 amide bonds. The standard InChI is InChI=1S/C12H12N2S2.2ClH/c1-7(13)12-14-11-8-4-2-3-5-9(8)15-6-10(11)16-12;;/h2-5,7H,6,13H2,1H3;2*1H. The van der Waals surface area contributed by atoms with Gasteiger partial charge in [-0.25, -0.2) is 4.98 Å². The van der Waals surface area contributed by atoms with Crippen molar-refractivity contribution in [3.05, 3.63) is 34.2 Å². The topological polar surface area (TPSA) is 38.9 Å². The molecule has 2 N–H and O–H groups in total. The van der Waals surface area contributed by atoms with E-state index in [4.69, 9.17) is 5.73 Å². The summed E-state index contributed by atoms with van der Waals surface area (Å²) in [6.45, 7) is 1.99. The molecule has 1 aromatic heterocycles. The van der Waals surface area contributed by atoms with E-state index < -0.39 is 0 Å². The van der Waals surface area contributed by atoms with E-state index in [2.05, 4.69) is 29.2 Å². The van der Waals surface area contributed by atoms with Crippen LogP contribution in [-0.4, -0.2) is 4.98 Å². The van der Waals surface area contributed by atoms with Crippen LogP contribution in [0.4, 0.5) is 0 Å². The van der Waals surface area contributed by atoms with Crippen molar-refractivity contribution in [1.29, 1.82) is 0 Å². The van der Waals surface area contributed by atoms with E-state index in [1.807, 2.05) is 18.7 Å². The van der Waals surface area contributed by atoms with Crippen molar-refractivity contribution in [2.45, 2.75) is 23.6 Å². The molecule has 0 spiro atoms. The molecule has 1 aromatic carbocycles. The van der Waals surface area contributed by atoms with Gasteiger partial charge in [0.05, 0.1) is 11.7 Å². The Morgan fingerprint density at radius 1 is 1.28 bits per heavy atom. The average Bonchev–Trinajstić information content (AvgIpc) is 2.73. The number of thioether (sulfide) groups is 1. The van der Waals surface area contributed by atoms with E-state index >= 15 is 0 Å². The van der Waals surface area contributed by atoms with Crippen LogP contribution in [0.5, 0.6) is 0 Å². The Morgan fingerprint density at radius 3 is 2.72 bits per heavy atom. The summed E-state index contributed by atoms with van der Waals surface area (Å²) in [5.74, 6) is 1.02. The highest BCUT2D eigenvalue weighted by molar-refractivity contribution is 7.98. The summed E-state index contributed by atoms with van der Waals surface area (Å²) in [6, 6.07) is 8.49. The van der Waals surface area contributed by atoms with E-state index in [-0.39, 0.29) is 30.9 Å². The van der Waals surface area contributed by atoms with Crippen molar-refractivity contribution in [3.63, 3.8) is 0 Å². The van der Waals surface area contributed by atoms with Crippen LogP contribution in [0.2, 0.25) is 0 Å². The molecular formula is C12H14Cl2N2S2. The molecule has 1 aliphatic heterocycles. The number of halogens is 2. The first-order valence-corrected chi connectivity index (χ1v) is 7.03. The zero-order valence-corrected chi connectivity index (χ0v) is 13.0. The summed E-state index contributed by atoms with van der Waals surface area (Å²) < 4.78 is 0. The maximum Gasteiger partial charge on any atom is 0.110 e. The molecule has 0 radical (unpaired) electrons. The minimum absolute atomic E-state index is 0. The fourth-order valence-electron chi connectivity index (χ4n) is 1.80. The summed E-state index contributed by atoms with van der Waals surface area (Å²) in [7, 11) is 0. The van der Waals surface area contributed by atoms with Crippen LogP contribution in [0.15, 0.2) is 29.2 Å². The molecule has 18 heavy (non-hydrogen) atoms. The van der Waals surface area contributed by atoms with Crippen LogP contribution in [-0.2, 0) is 5.75 Å². The second kappa shape index (κ2) is 6.26. The van der Waals surface area contributed by atoms with E-state index in [1.54, 1.807) is 11.3 Å². The van der Waals surface area contributed by atoms with E-state index in [1.165, 1.54) is 15.3 Å². The zero-order chi connectivity index (χ0) is 11.1. The SMILES string of the molecule is CC(N)c1nc2c(s1)CSc1ccccc1-2.Cl.Cl. The van der Waals surface area contributed by atoms with Gasteiger partial charge in [-0.15, -0.1) is 47.9 Å². The number of nitrogens with two attached hydrogens (primary N) is 1. The Morgan fingerprint density at radius 2 is 2.00 bits per heavy atom.